The van der Waals surface area contributed by atoms with Crippen molar-refractivity contribution in [3.63, 3.8) is 0 Å². The molecule has 7 nitrogen and oxygen atoms in total. The Hall–Kier alpha value is -1.54. The molecule has 144 valence electrons. The molecular weight excluding hydrogens is 340 g/mol. The van der Waals surface area contributed by atoms with Crippen molar-refractivity contribution in [2.24, 2.45) is 5.73 Å². The lowest BCUT2D eigenvalue weighted by molar-refractivity contribution is -0.134. The number of hydrogen-bond acceptors (Lipinski definition) is 5. The molecule has 1 aromatic rings. The van der Waals surface area contributed by atoms with Gasteiger partial charge in [0.1, 0.15) is 0 Å². The Morgan fingerprint density at radius 1 is 1.40 bits per heavy atom. The third-order valence-corrected chi connectivity index (χ3v) is 5.27. The molecule has 0 saturated heterocycles. The van der Waals surface area contributed by atoms with Crippen molar-refractivity contribution in [2.75, 3.05) is 6.26 Å². The van der Waals surface area contributed by atoms with Gasteiger partial charge in [0.15, 0.2) is 0 Å². The summed E-state index contributed by atoms with van der Waals surface area (Å²) in [7, 11) is 0. The minimum absolute atomic E-state index is 0.114. The highest BCUT2D eigenvalue weighted by atomic mass is 32.2. The molecule has 0 spiro atoms. The predicted octanol–water partition coefficient (Wildman–Crippen LogP) is 2.09. The Balaban J connectivity index is 0.00000129. The van der Waals surface area contributed by atoms with E-state index < -0.39 is 12.0 Å². The van der Waals surface area contributed by atoms with Crippen LogP contribution in [0.3, 0.4) is 0 Å². The summed E-state index contributed by atoms with van der Waals surface area (Å²) in [5.41, 5.74) is 9.22. The molecule has 1 aromatic heterocycles. The second kappa shape index (κ2) is 10.5. The van der Waals surface area contributed by atoms with Gasteiger partial charge in [0.05, 0.1) is 11.7 Å². The number of nitrogens with zero attached hydrogens (tertiary/aromatic N) is 2. The number of amides is 1. The van der Waals surface area contributed by atoms with Gasteiger partial charge in [0.2, 0.25) is 5.91 Å². The van der Waals surface area contributed by atoms with Gasteiger partial charge < -0.3 is 16.2 Å². The van der Waals surface area contributed by atoms with Crippen LogP contribution in [-0.2, 0) is 22.7 Å². The smallest absolute Gasteiger partial charge is 0.300 e. The number of carbonyl (C=O) groups excluding carboxylic acids is 1. The molecule has 0 bridgehead atoms. The monoisotopic (exact) mass is 372 g/mol. The molecule has 1 amide bonds. The van der Waals surface area contributed by atoms with Crippen LogP contribution < -0.4 is 11.1 Å². The van der Waals surface area contributed by atoms with E-state index in [-0.39, 0.29) is 10.7 Å². The van der Waals surface area contributed by atoms with Crippen LogP contribution in [0.25, 0.3) is 0 Å². The molecule has 0 aliphatic rings. The van der Waals surface area contributed by atoms with Gasteiger partial charge in [-0.3, -0.25) is 14.3 Å². The standard InChI is InChI=1S/C15H28N4OS.C2H4O2/c1-7-8-19-11(3)12(10(2)18-19)9-17-14(20)13(16)15(4,5)21-6;1-2(3)4/h13H,7-9,16H2,1-6H3,(H,17,20);1H3,(H,3,4)/t13-;/m1./s1. The van der Waals surface area contributed by atoms with Gasteiger partial charge in [0, 0.05) is 36.0 Å². The highest BCUT2D eigenvalue weighted by Crippen LogP contribution is 2.24. The topological polar surface area (TPSA) is 110 Å². The first-order chi connectivity index (χ1) is 11.5. The van der Waals surface area contributed by atoms with Gasteiger partial charge in [-0.15, -0.1) is 0 Å². The number of aliphatic carboxylic acids is 1. The summed E-state index contributed by atoms with van der Waals surface area (Å²) in [4.78, 5) is 21.2. The average molecular weight is 373 g/mol. The van der Waals surface area contributed by atoms with E-state index in [2.05, 4.69) is 17.3 Å². The molecule has 0 unspecified atom stereocenters. The van der Waals surface area contributed by atoms with Crippen LogP contribution in [0.4, 0.5) is 0 Å². The second-order valence-electron chi connectivity index (χ2n) is 6.39. The van der Waals surface area contributed by atoms with Crippen LogP contribution in [0.15, 0.2) is 0 Å². The molecule has 0 fully saturated rings. The summed E-state index contributed by atoms with van der Waals surface area (Å²) in [5.74, 6) is -0.948. The summed E-state index contributed by atoms with van der Waals surface area (Å²) in [6.07, 6.45) is 3.01. The Morgan fingerprint density at radius 2 is 1.92 bits per heavy atom. The molecule has 4 N–H and O–H groups in total. The lowest BCUT2D eigenvalue weighted by Gasteiger charge is -2.28. The summed E-state index contributed by atoms with van der Waals surface area (Å²) >= 11 is 1.60. The third-order valence-electron chi connectivity index (χ3n) is 3.96. The summed E-state index contributed by atoms with van der Waals surface area (Å²) < 4.78 is 1.73. The number of carboxylic acid groups (broad SMARTS) is 1. The number of hydrogen-bond donors (Lipinski definition) is 3. The second-order valence-corrected chi connectivity index (χ2v) is 7.86. The molecule has 0 aliphatic carbocycles. The van der Waals surface area contributed by atoms with Gasteiger partial charge in [0.25, 0.3) is 5.97 Å². The van der Waals surface area contributed by atoms with Crippen LogP contribution in [0.2, 0.25) is 0 Å². The lowest BCUT2D eigenvalue weighted by Crippen LogP contribution is -2.51. The first-order valence-electron chi connectivity index (χ1n) is 8.28. The number of rotatable bonds is 7. The maximum atomic E-state index is 12.2. The lowest BCUT2D eigenvalue weighted by atomic mass is 10.0. The Kier molecular flexibility index (Phi) is 9.81. The number of carbonyl (C=O) groups is 2. The quantitative estimate of drug-likeness (QED) is 0.676. The SMILES string of the molecule is CC(=O)O.CCCn1nc(C)c(CNC(=O)[C@@H](N)C(C)(C)SC)c1C. The largest absolute Gasteiger partial charge is 0.481 e. The summed E-state index contributed by atoms with van der Waals surface area (Å²) in [6, 6.07) is -0.529. The van der Waals surface area contributed by atoms with Crippen LogP contribution in [0, 0.1) is 13.8 Å². The van der Waals surface area contributed by atoms with E-state index in [1.54, 1.807) is 11.8 Å². The maximum absolute atomic E-state index is 12.2. The molecule has 1 atom stereocenters. The molecule has 1 heterocycles. The van der Waals surface area contributed by atoms with Crippen molar-refractivity contribution >= 4 is 23.6 Å². The van der Waals surface area contributed by atoms with E-state index in [0.717, 1.165) is 36.8 Å². The van der Waals surface area contributed by atoms with Gasteiger partial charge in [-0.05, 0) is 40.4 Å². The van der Waals surface area contributed by atoms with E-state index in [0.29, 0.717) is 6.54 Å². The molecule has 0 radical (unpaired) electrons. The predicted molar refractivity (Wildman–Crippen MR) is 103 cm³/mol. The van der Waals surface area contributed by atoms with E-state index in [4.69, 9.17) is 15.6 Å². The van der Waals surface area contributed by atoms with Gasteiger partial charge >= 0.3 is 0 Å². The molecule has 0 aliphatic heterocycles. The fourth-order valence-electron chi connectivity index (χ4n) is 2.15. The number of nitrogens with one attached hydrogen (secondary N) is 1. The minimum Gasteiger partial charge on any atom is -0.481 e. The molecule has 0 aromatic carbocycles. The van der Waals surface area contributed by atoms with Crippen molar-refractivity contribution in [3.05, 3.63) is 17.0 Å². The number of aryl methyl sites for hydroxylation is 2. The van der Waals surface area contributed by atoms with E-state index in [1.807, 2.05) is 38.6 Å². The van der Waals surface area contributed by atoms with Crippen molar-refractivity contribution < 1.29 is 14.7 Å². The number of thioether (sulfide) groups is 1. The summed E-state index contributed by atoms with van der Waals surface area (Å²) in [5, 5.41) is 14.9. The minimum atomic E-state index is -0.833. The number of nitrogens with two attached hydrogens (primary N) is 1. The molecule has 0 saturated carbocycles. The molecule has 1 rings (SSSR count). The van der Waals surface area contributed by atoms with Crippen molar-refractivity contribution in [1.29, 1.82) is 0 Å². The van der Waals surface area contributed by atoms with E-state index in [1.165, 1.54) is 0 Å². The highest BCUT2D eigenvalue weighted by Gasteiger charge is 2.31. The Bertz CT molecular complexity index is 581. The first-order valence-corrected chi connectivity index (χ1v) is 9.51. The van der Waals surface area contributed by atoms with Gasteiger partial charge in [-0.1, -0.05) is 6.92 Å². The van der Waals surface area contributed by atoms with Crippen LogP contribution >= 0.6 is 11.8 Å². The first kappa shape index (κ1) is 23.5. The summed E-state index contributed by atoms with van der Waals surface area (Å²) in [6.45, 7) is 12.6. The fourth-order valence-corrected chi connectivity index (χ4v) is 2.51. The van der Waals surface area contributed by atoms with Crippen molar-refractivity contribution in [2.45, 2.75) is 71.8 Å². The molecule has 8 heteroatoms. The zero-order valence-electron chi connectivity index (χ0n) is 16.3. The van der Waals surface area contributed by atoms with Crippen LogP contribution in [0.1, 0.15) is 51.1 Å². The highest BCUT2D eigenvalue weighted by molar-refractivity contribution is 8.00. The van der Waals surface area contributed by atoms with Crippen LogP contribution in [-0.4, -0.2) is 43.8 Å². The maximum Gasteiger partial charge on any atom is 0.300 e. The van der Waals surface area contributed by atoms with Gasteiger partial charge in [-0.25, -0.2) is 0 Å². The number of aromatic nitrogens is 2. The Morgan fingerprint density at radius 3 is 2.36 bits per heavy atom. The zero-order chi connectivity index (χ0) is 19.8. The molecular formula is C17H32N4O3S. The van der Waals surface area contributed by atoms with Crippen molar-refractivity contribution in [3.8, 4) is 0 Å². The normalized spacial score (nSPS) is 12.2. The van der Waals surface area contributed by atoms with E-state index >= 15 is 0 Å². The van der Waals surface area contributed by atoms with Crippen LogP contribution in [0.5, 0.6) is 0 Å². The third kappa shape index (κ3) is 7.48. The number of carboxylic acids is 1. The average Bonchev–Trinajstić information content (AvgIpc) is 2.78. The molecule has 25 heavy (non-hydrogen) atoms. The van der Waals surface area contributed by atoms with Crippen molar-refractivity contribution in [1.82, 2.24) is 15.1 Å². The zero-order valence-corrected chi connectivity index (χ0v) is 17.2. The van der Waals surface area contributed by atoms with E-state index in [9.17, 15) is 4.79 Å². The Labute approximate surface area is 154 Å². The van der Waals surface area contributed by atoms with Gasteiger partial charge in [-0.2, -0.15) is 16.9 Å². The fraction of sp³-hybridized carbons (Fsp3) is 0.706.